The van der Waals surface area contributed by atoms with Crippen LogP contribution in [0.15, 0.2) is 35.3 Å². The molecule has 2 heterocycles. The van der Waals surface area contributed by atoms with Crippen molar-refractivity contribution >= 4 is 29.9 Å². The summed E-state index contributed by atoms with van der Waals surface area (Å²) in [5.74, 6) is 1.68. The van der Waals surface area contributed by atoms with Crippen LogP contribution >= 0.6 is 24.0 Å². The first kappa shape index (κ1) is 23.4. The second-order valence-corrected chi connectivity index (χ2v) is 7.72. The van der Waals surface area contributed by atoms with Crippen molar-refractivity contribution in [3.8, 4) is 0 Å². The molecule has 0 amide bonds. The molecule has 2 saturated heterocycles. The van der Waals surface area contributed by atoms with Crippen molar-refractivity contribution < 1.29 is 4.74 Å². The van der Waals surface area contributed by atoms with Gasteiger partial charge in [-0.15, -0.1) is 24.0 Å². The van der Waals surface area contributed by atoms with Crippen LogP contribution in [0, 0.1) is 5.92 Å². The van der Waals surface area contributed by atoms with Crippen molar-refractivity contribution in [3.63, 3.8) is 0 Å². The lowest BCUT2D eigenvalue weighted by atomic mass is 10.1. The quantitative estimate of drug-likeness (QED) is 0.337. The highest BCUT2D eigenvalue weighted by atomic mass is 127. The number of likely N-dealkylation sites (tertiary alicyclic amines) is 2. The first-order chi connectivity index (χ1) is 13.3. The Morgan fingerprint density at radius 1 is 1.18 bits per heavy atom. The van der Waals surface area contributed by atoms with Gasteiger partial charge in [0.1, 0.15) is 0 Å². The third-order valence-corrected chi connectivity index (χ3v) is 5.74. The third-order valence-electron chi connectivity index (χ3n) is 5.74. The second kappa shape index (κ2) is 12.6. The molecule has 2 atom stereocenters. The van der Waals surface area contributed by atoms with Crippen molar-refractivity contribution in [1.82, 2.24) is 15.1 Å². The number of likely N-dealkylation sites (N-methyl/N-ethyl adjacent to an activating group) is 1. The van der Waals surface area contributed by atoms with E-state index in [2.05, 4.69) is 53.2 Å². The number of aliphatic imine (C=N–C) groups is 1. The molecule has 28 heavy (non-hydrogen) atoms. The van der Waals surface area contributed by atoms with E-state index in [-0.39, 0.29) is 24.0 Å². The van der Waals surface area contributed by atoms with Gasteiger partial charge in [-0.1, -0.05) is 37.3 Å². The number of nitrogens with zero attached hydrogens (tertiary/aromatic N) is 3. The van der Waals surface area contributed by atoms with Crippen LogP contribution in [0.1, 0.15) is 38.7 Å². The molecule has 1 N–H and O–H groups in total. The van der Waals surface area contributed by atoms with E-state index < -0.39 is 0 Å². The van der Waals surface area contributed by atoms with Crippen LogP contribution in [0.4, 0.5) is 0 Å². The van der Waals surface area contributed by atoms with Crippen LogP contribution in [0.5, 0.6) is 0 Å². The SMILES string of the molecule is CCNC(=NCC1CCCN1CC)N1CCC(COCc2ccccc2)C1.I. The number of benzene rings is 1. The molecule has 0 radical (unpaired) electrons. The van der Waals surface area contributed by atoms with E-state index in [0.717, 1.165) is 45.3 Å². The summed E-state index contributed by atoms with van der Waals surface area (Å²) in [6.45, 7) is 12.3. The van der Waals surface area contributed by atoms with Gasteiger partial charge in [-0.3, -0.25) is 9.89 Å². The summed E-state index contributed by atoms with van der Waals surface area (Å²) in [7, 11) is 0. The molecule has 158 valence electrons. The lowest BCUT2D eigenvalue weighted by Crippen LogP contribution is -2.41. The standard InChI is InChI=1S/C22H36N4O.HI/c1-3-23-22(24-15-21-11-8-13-25(21)4-2)26-14-12-20(16-26)18-27-17-19-9-6-5-7-10-19;/h5-7,9-10,20-21H,3-4,8,11-18H2,1-2H3,(H,23,24);1H. The van der Waals surface area contributed by atoms with Crippen molar-refractivity contribution in [2.45, 2.75) is 45.8 Å². The van der Waals surface area contributed by atoms with Crippen molar-refractivity contribution in [1.29, 1.82) is 0 Å². The average molecular weight is 500 g/mol. The molecule has 1 aromatic carbocycles. The van der Waals surface area contributed by atoms with E-state index in [9.17, 15) is 0 Å². The van der Waals surface area contributed by atoms with Gasteiger partial charge in [-0.05, 0) is 44.8 Å². The highest BCUT2D eigenvalue weighted by Gasteiger charge is 2.26. The van der Waals surface area contributed by atoms with E-state index in [0.29, 0.717) is 18.6 Å². The normalized spacial score (nSPS) is 23.1. The van der Waals surface area contributed by atoms with Crippen LogP contribution in [-0.2, 0) is 11.3 Å². The molecule has 2 unspecified atom stereocenters. The second-order valence-electron chi connectivity index (χ2n) is 7.72. The van der Waals surface area contributed by atoms with Crippen LogP contribution in [-0.4, -0.2) is 67.7 Å². The molecule has 0 saturated carbocycles. The van der Waals surface area contributed by atoms with Gasteiger partial charge in [0.15, 0.2) is 5.96 Å². The molecular formula is C22H37IN4O. The fraction of sp³-hybridized carbons (Fsp3) is 0.682. The molecule has 0 spiro atoms. The maximum Gasteiger partial charge on any atom is 0.193 e. The van der Waals surface area contributed by atoms with E-state index in [4.69, 9.17) is 9.73 Å². The fourth-order valence-electron chi connectivity index (χ4n) is 4.21. The summed E-state index contributed by atoms with van der Waals surface area (Å²) in [5, 5.41) is 3.50. The first-order valence-electron chi connectivity index (χ1n) is 10.7. The summed E-state index contributed by atoms with van der Waals surface area (Å²) >= 11 is 0. The minimum absolute atomic E-state index is 0. The Morgan fingerprint density at radius 3 is 2.75 bits per heavy atom. The number of guanidine groups is 1. The van der Waals surface area contributed by atoms with Crippen molar-refractivity contribution in [2.24, 2.45) is 10.9 Å². The number of halogens is 1. The Morgan fingerprint density at radius 2 is 2.00 bits per heavy atom. The summed E-state index contributed by atoms with van der Waals surface area (Å²) < 4.78 is 5.97. The molecule has 2 aliphatic rings. The van der Waals surface area contributed by atoms with Crippen LogP contribution in [0.25, 0.3) is 0 Å². The smallest absolute Gasteiger partial charge is 0.193 e. The number of ether oxygens (including phenoxy) is 1. The van der Waals surface area contributed by atoms with Crippen LogP contribution < -0.4 is 5.32 Å². The number of hydrogen-bond acceptors (Lipinski definition) is 3. The topological polar surface area (TPSA) is 40.1 Å². The molecule has 1 aromatic rings. The molecule has 6 heteroatoms. The molecule has 3 rings (SSSR count). The van der Waals surface area contributed by atoms with E-state index in [1.807, 2.05) is 6.07 Å². The average Bonchev–Trinajstić information content (AvgIpc) is 3.35. The molecule has 0 aromatic heterocycles. The third kappa shape index (κ3) is 6.88. The van der Waals surface area contributed by atoms with Gasteiger partial charge >= 0.3 is 0 Å². The summed E-state index contributed by atoms with van der Waals surface area (Å²) in [4.78, 5) is 9.98. The Balaban J connectivity index is 0.00000280. The fourth-order valence-corrected chi connectivity index (χ4v) is 4.21. The van der Waals surface area contributed by atoms with E-state index in [1.54, 1.807) is 0 Å². The maximum atomic E-state index is 5.97. The zero-order chi connectivity index (χ0) is 18.9. The summed E-state index contributed by atoms with van der Waals surface area (Å²) in [6.07, 6.45) is 3.78. The summed E-state index contributed by atoms with van der Waals surface area (Å²) in [6, 6.07) is 11.1. The van der Waals surface area contributed by atoms with Gasteiger partial charge in [0.05, 0.1) is 19.8 Å². The Bertz CT molecular complexity index is 583. The van der Waals surface area contributed by atoms with Gasteiger partial charge in [0, 0.05) is 31.6 Å². The lowest BCUT2D eigenvalue weighted by Gasteiger charge is -2.24. The molecule has 0 aliphatic carbocycles. The maximum absolute atomic E-state index is 5.97. The highest BCUT2D eigenvalue weighted by molar-refractivity contribution is 14.0. The Hall–Kier alpha value is -0.860. The predicted molar refractivity (Wildman–Crippen MR) is 127 cm³/mol. The predicted octanol–water partition coefficient (Wildman–Crippen LogP) is 3.59. The Labute approximate surface area is 187 Å². The highest BCUT2D eigenvalue weighted by Crippen LogP contribution is 2.19. The number of nitrogens with one attached hydrogen (secondary N) is 1. The molecule has 0 bridgehead atoms. The largest absolute Gasteiger partial charge is 0.376 e. The van der Waals surface area contributed by atoms with Gasteiger partial charge in [-0.2, -0.15) is 0 Å². The number of rotatable bonds is 8. The van der Waals surface area contributed by atoms with Gasteiger partial charge in [-0.25, -0.2) is 0 Å². The van der Waals surface area contributed by atoms with Gasteiger partial charge in [0.25, 0.3) is 0 Å². The van der Waals surface area contributed by atoms with Gasteiger partial charge in [0.2, 0.25) is 0 Å². The molecular weight excluding hydrogens is 463 g/mol. The van der Waals surface area contributed by atoms with Crippen LogP contribution in [0.2, 0.25) is 0 Å². The van der Waals surface area contributed by atoms with Crippen LogP contribution in [0.3, 0.4) is 0 Å². The minimum Gasteiger partial charge on any atom is -0.376 e. The van der Waals surface area contributed by atoms with Crippen molar-refractivity contribution in [2.75, 3.05) is 45.9 Å². The molecule has 2 fully saturated rings. The first-order valence-corrected chi connectivity index (χ1v) is 10.7. The minimum atomic E-state index is 0. The Kier molecular flexibility index (Phi) is 10.6. The zero-order valence-electron chi connectivity index (χ0n) is 17.5. The van der Waals surface area contributed by atoms with Crippen molar-refractivity contribution in [3.05, 3.63) is 35.9 Å². The monoisotopic (exact) mass is 500 g/mol. The zero-order valence-corrected chi connectivity index (χ0v) is 19.8. The van der Waals surface area contributed by atoms with Gasteiger partial charge < -0.3 is 15.0 Å². The lowest BCUT2D eigenvalue weighted by molar-refractivity contribution is 0.0906. The molecule has 2 aliphatic heterocycles. The summed E-state index contributed by atoms with van der Waals surface area (Å²) in [5.41, 5.74) is 1.25. The number of hydrogen-bond donors (Lipinski definition) is 1. The molecule has 5 nitrogen and oxygen atoms in total. The van der Waals surface area contributed by atoms with E-state index in [1.165, 1.54) is 31.4 Å². The van der Waals surface area contributed by atoms with E-state index >= 15 is 0 Å².